The highest BCUT2D eigenvalue weighted by molar-refractivity contribution is 14.0. The zero-order valence-corrected chi connectivity index (χ0v) is 17.0. The molecule has 0 bridgehead atoms. The van der Waals surface area contributed by atoms with Crippen LogP contribution in [-0.4, -0.2) is 50.9 Å². The largest absolute Gasteiger partial charge is 0.382 e. The fourth-order valence-electron chi connectivity index (χ4n) is 1.86. The maximum atomic E-state index is 10.6. The molecule has 0 radical (unpaired) electrons. The number of methoxy groups -OCH3 is 1. The van der Waals surface area contributed by atoms with Gasteiger partial charge in [-0.05, 0) is 18.9 Å². The topological polar surface area (TPSA) is 98.0 Å². The SMILES string of the molecule is CCNC(=NCc1ccc([N+](=O)[O-])cc1)NCCCOCCOC.I. The quantitative estimate of drug-likeness (QED) is 0.130. The number of aliphatic imine (C=N–C) groups is 1. The van der Waals surface area contributed by atoms with E-state index in [0.717, 1.165) is 25.1 Å². The Labute approximate surface area is 165 Å². The molecule has 0 heterocycles. The summed E-state index contributed by atoms with van der Waals surface area (Å²) in [6.45, 7) is 5.83. The fraction of sp³-hybridized carbons (Fsp3) is 0.562. The van der Waals surface area contributed by atoms with Gasteiger partial charge in [0.2, 0.25) is 0 Å². The Morgan fingerprint density at radius 1 is 1.20 bits per heavy atom. The highest BCUT2D eigenvalue weighted by Gasteiger charge is 2.04. The molecular weight excluding hydrogens is 439 g/mol. The first kappa shape index (κ1) is 23.5. The van der Waals surface area contributed by atoms with E-state index in [4.69, 9.17) is 9.47 Å². The Hall–Kier alpha value is -1.46. The number of ether oxygens (including phenoxy) is 2. The average Bonchev–Trinajstić information content (AvgIpc) is 2.59. The van der Waals surface area contributed by atoms with E-state index in [0.29, 0.717) is 32.3 Å². The molecule has 0 aliphatic heterocycles. The number of guanidine groups is 1. The summed E-state index contributed by atoms with van der Waals surface area (Å²) >= 11 is 0. The molecule has 0 atom stereocenters. The molecule has 0 saturated heterocycles. The normalized spacial score (nSPS) is 10.9. The van der Waals surface area contributed by atoms with Crippen molar-refractivity contribution in [1.82, 2.24) is 10.6 Å². The van der Waals surface area contributed by atoms with E-state index < -0.39 is 4.92 Å². The van der Waals surface area contributed by atoms with Gasteiger partial charge in [0.05, 0.1) is 24.7 Å². The summed E-state index contributed by atoms with van der Waals surface area (Å²) in [5.74, 6) is 0.716. The number of non-ortho nitro benzene ring substituents is 1. The molecule has 0 spiro atoms. The maximum Gasteiger partial charge on any atom is 0.269 e. The van der Waals surface area contributed by atoms with Crippen LogP contribution in [0.25, 0.3) is 0 Å². The molecule has 0 aliphatic carbocycles. The molecule has 1 rings (SSSR count). The average molecular weight is 466 g/mol. The summed E-state index contributed by atoms with van der Waals surface area (Å²) in [5.41, 5.74) is 1.00. The molecule has 8 nitrogen and oxygen atoms in total. The molecule has 1 aromatic rings. The van der Waals surface area contributed by atoms with Crippen molar-refractivity contribution in [2.45, 2.75) is 19.9 Å². The van der Waals surface area contributed by atoms with E-state index in [9.17, 15) is 10.1 Å². The van der Waals surface area contributed by atoms with Crippen molar-refractivity contribution >= 4 is 35.6 Å². The van der Waals surface area contributed by atoms with Crippen LogP contribution in [0.5, 0.6) is 0 Å². The number of nitrogens with zero attached hydrogens (tertiary/aromatic N) is 2. The summed E-state index contributed by atoms with van der Waals surface area (Å²) < 4.78 is 10.3. The highest BCUT2D eigenvalue weighted by Crippen LogP contribution is 2.12. The molecule has 25 heavy (non-hydrogen) atoms. The predicted molar refractivity (Wildman–Crippen MR) is 109 cm³/mol. The lowest BCUT2D eigenvalue weighted by Crippen LogP contribution is -2.38. The number of hydrogen-bond acceptors (Lipinski definition) is 5. The second-order valence-electron chi connectivity index (χ2n) is 5.00. The summed E-state index contributed by atoms with van der Waals surface area (Å²) in [7, 11) is 1.65. The minimum Gasteiger partial charge on any atom is -0.382 e. The summed E-state index contributed by atoms with van der Waals surface area (Å²) in [6, 6.07) is 6.41. The maximum absolute atomic E-state index is 10.6. The Kier molecular flexibility index (Phi) is 14.0. The van der Waals surface area contributed by atoms with Gasteiger partial charge in [-0.1, -0.05) is 12.1 Å². The first-order chi connectivity index (χ1) is 11.7. The van der Waals surface area contributed by atoms with Crippen LogP contribution < -0.4 is 10.6 Å². The molecule has 0 fully saturated rings. The van der Waals surface area contributed by atoms with Crippen molar-refractivity contribution in [1.29, 1.82) is 0 Å². The number of nitro groups is 1. The molecule has 142 valence electrons. The van der Waals surface area contributed by atoms with E-state index in [2.05, 4.69) is 15.6 Å². The van der Waals surface area contributed by atoms with Gasteiger partial charge in [-0.2, -0.15) is 0 Å². The van der Waals surface area contributed by atoms with Gasteiger partial charge in [-0.15, -0.1) is 24.0 Å². The van der Waals surface area contributed by atoms with Crippen molar-refractivity contribution < 1.29 is 14.4 Å². The number of nitrogens with one attached hydrogen (secondary N) is 2. The van der Waals surface area contributed by atoms with Gasteiger partial charge in [0.25, 0.3) is 5.69 Å². The first-order valence-electron chi connectivity index (χ1n) is 7.99. The van der Waals surface area contributed by atoms with Crippen molar-refractivity contribution in [2.75, 3.05) is 40.0 Å². The lowest BCUT2D eigenvalue weighted by Gasteiger charge is -2.11. The number of halogens is 1. The van der Waals surface area contributed by atoms with E-state index in [-0.39, 0.29) is 29.7 Å². The van der Waals surface area contributed by atoms with Gasteiger partial charge in [-0.3, -0.25) is 10.1 Å². The second-order valence-corrected chi connectivity index (χ2v) is 5.00. The standard InChI is InChI=1S/C16H26N4O4.HI/c1-3-17-16(18-9-4-10-24-12-11-23-2)19-13-14-5-7-15(8-6-14)20(21)22;/h5-8H,3-4,9-13H2,1-2H3,(H2,17,18,19);1H. The third kappa shape index (κ3) is 10.9. The van der Waals surface area contributed by atoms with E-state index in [1.165, 1.54) is 12.1 Å². The number of nitro benzene ring substituents is 1. The van der Waals surface area contributed by atoms with Crippen molar-refractivity contribution in [3.63, 3.8) is 0 Å². The fourth-order valence-corrected chi connectivity index (χ4v) is 1.86. The van der Waals surface area contributed by atoms with Crippen molar-refractivity contribution in [3.8, 4) is 0 Å². The van der Waals surface area contributed by atoms with E-state index >= 15 is 0 Å². The monoisotopic (exact) mass is 466 g/mol. The van der Waals surface area contributed by atoms with Gasteiger partial charge >= 0.3 is 0 Å². The number of benzene rings is 1. The number of hydrogen-bond donors (Lipinski definition) is 2. The molecule has 0 unspecified atom stereocenters. The zero-order chi connectivity index (χ0) is 17.6. The Morgan fingerprint density at radius 2 is 1.92 bits per heavy atom. The summed E-state index contributed by atoms with van der Waals surface area (Å²) in [5, 5.41) is 17.0. The van der Waals surface area contributed by atoms with Crippen LogP contribution in [0.15, 0.2) is 29.3 Å². The minimum atomic E-state index is -0.409. The lowest BCUT2D eigenvalue weighted by molar-refractivity contribution is -0.384. The Morgan fingerprint density at radius 3 is 2.52 bits per heavy atom. The predicted octanol–water partition coefficient (Wildman–Crippen LogP) is 2.32. The molecule has 0 saturated carbocycles. The smallest absolute Gasteiger partial charge is 0.269 e. The molecule has 2 N–H and O–H groups in total. The number of rotatable bonds is 11. The third-order valence-corrected chi connectivity index (χ3v) is 3.10. The van der Waals surface area contributed by atoms with E-state index in [1.54, 1.807) is 19.2 Å². The van der Waals surface area contributed by atoms with Crippen LogP contribution in [0.2, 0.25) is 0 Å². The molecule has 0 aliphatic rings. The zero-order valence-electron chi connectivity index (χ0n) is 14.7. The van der Waals surface area contributed by atoms with E-state index in [1.807, 2.05) is 6.92 Å². The Balaban J connectivity index is 0.00000576. The minimum absolute atomic E-state index is 0. The van der Waals surface area contributed by atoms with Gasteiger partial charge in [0.15, 0.2) is 5.96 Å². The Bertz CT molecular complexity index is 511. The van der Waals surface area contributed by atoms with Crippen LogP contribution in [0.3, 0.4) is 0 Å². The molecule has 0 aromatic heterocycles. The van der Waals surface area contributed by atoms with Crippen LogP contribution in [0, 0.1) is 10.1 Å². The molecule has 0 amide bonds. The van der Waals surface area contributed by atoms with Crippen molar-refractivity contribution in [2.24, 2.45) is 4.99 Å². The van der Waals surface area contributed by atoms with Gasteiger partial charge in [-0.25, -0.2) is 4.99 Å². The van der Waals surface area contributed by atoms with Gasteiger partial charge in [0, 0.05) is 38.9 Å². The van der Waals surface area contributed by atoms with Crippen LogP contribution in [0.1, 0.15) is 18.9 Å². The van der Waals surface area contributed by atoms with Crippen LogP contribution in [0.4, 0.5) is 5.69 Å². The van der Waals surface area contributed by atoms with Crippen molar-refractivity contribution in [3.05, 3.63) is 39.9 Å². The van der Waals surface area contributed by atoms with Gasteiger partial charge in [0.1, 0.15) is 0 Å². The van der Waals surface area contributed by atoms with Crippen LogP contribution >= 0.6 is 24.0 Å². The second kappa shape index (κ2) is 14.8. The molecule has 1 aromatic carbocycles. The molecule has 9 heteroatoms. The van der Waals surface area contributed by atoms with Gasteiger partial charge < -0.3 is 20.1 Å². The highest BCUT2D eigenvalue weighted by atomic mass is 127. The van der Waals surface area contributed by atoms with Crippen LogP contribution in [-0.2, 0) is 16.0 Å². The summed E-state index contributed by atoms with van der Waals surface area (Å²) in [4.78, 5) is 14.7. The lowest BCUT2D eigenvalue weighted by atomic mass is 10.2. The third-order valence-electron chi connectivity index (χ3n) is 3.10. The summed E-state index contributed by atoms with van der Waals surface area (Å²) in [6.07, 6.45) is 0.867. The first-order valence-corrected chi connectivity index (χ1v) is 7.99. The molecular formula is C16H27IN4O4.